The summed E-state index contributed by atoms with van der Waals surface area (Å²) in [5, 5.41) is 0. The highest BCUT2D eigenvalue weighted by Gasteiger charge is 1.92. The summed E-state index contributed by atoms with van der Waals surface area (Å²) in [6.07, 6.45) is 3.16. The lowest BCUT2D eigenvalue weighted by Gasteiger charge is -1.94. The molecule has 0 amide bonds. The molecule has 0 atom stereocenters. The van der Waals surface area contributed by atoms with Gasteiger partial charge in [-0.25, -0.2) is 4.79 Å². The van der Waals surface area contributed by atoms with Crippen molar-refractivity contribution in [1.29, 1.82) is 0 Å². The minimum atomic E-state index is -0.300. The van der Waals surface area contributed by atoms with Crippen LogP contribution in [0, 0.1) is 0 Å². The molecule has 14 heavy (non-hydrogen) atoms. The van der Waals surface area contributed by atoms with E-state index in [1.165, 1.54) is 6.08 Å². The topological polar surface area (TPSA) is 26.3 Å². The molecule has 0 spiro atoms. The second-order valence-corrected chi connectivity index (χ2v) is 2.50. The lowest BCUT2D eigenvalue weighted by molar-refractivity contribution is -0.137. The molecule has 1 aromatic rings. The van der Waals surface area contributed by atoms with Gasteiger partial charge in [0.15, 0.2) is 0 Å². The van der Waals surface area contributed by atoms with Crippen LogP contribution in [0.2, 0.25) is 0 Å². The number of carbonyl (C=O) groups is 1. The lowest BCUT2D eigenvalue weighted by Crippen LogP contribution is -1.98. The Morgan fingerprint density at radius 3 is 2.57 bits per heavy atom. The largest absolute Gasteiger partial charge is 0.463 e. The van der Waals surface area contributed by atoms with Crippen molar-refractivity contribution in [3.8, 4) is 0 Å². The molecule has 0 unspecified atom stereocenters. The quantitative estimate of drug-likeness (QED) is 0.405. The molecule has 0 bridgehead atoms. The lowest BCUT2D eigenvalue weighted by atomic mass is 10.2. The first-order valence-electron chi connectivity index (χ1n) is 4.23. The molecular weight excluding hydrogens is 175 g/mol. The van der Waals surface area contributed by atoms with Gasteiger partial charge in [0, 0.05) is 6.08 Å². The summed E-state index contributed by atoms with van der Waals surface area (Å²) in [7, 11) is 0. The van der Waals surface area contributed by atoms with E-state index in [9.17, 15) is 4.79 Å². The van der Waals surface area contributed by atoms with Crippen molar-refractivity contribution in [3.05, 3.63) is 42.0 Å². The first kappa shape index (κ1) is 12.5. The van der Waals surface area contributed by atoms with Crippen LogP contribution in [0.1, 0.15) is 12.5 Å². The van der Waals surface area contributed by atoms with Gasteiger partial charge in [-0.05, 0) is 18.6 Å². The maximum absolute atomic E-state index is 10.9. The first-order valence-corrected chi connectivity index (χ1v) is 4.23. The molecule has 1 aromatic carbocycles. The number of esters is 1. The standard InChI is InChI=1S/C11H12O2.BH3/c1-2-13-11(12)9-8-10-6-4-3-5-7-10;/h3-9H,2H2,1H3;1H3. The highest BCUT2D eigenvalue weighted by atomic mass is 16.5. The van der Waals surface area contributed by atoms with Crippen LogP contribution in [0.5, 0.6) is 0 Å². The van der Waals surface area contributed by atoms with Crippen LogP contribution in [0.4, 0.5) is 0 Å². The van der Waals surface area contributed by atoms with E-state index in [0.29, 0.717) is 6.61 Å². The fraction of sp³-hybridized carbons (Fsp3) is 0.182. The predicted octanol–water partition coefficient (Wildman–Crippen LogP) is 1.08. The van der Waals surface area contributed by atoms with Gasteiger partial charge in [0.25, 0.3) is 0 Å². The van der Waals surface area contributed by atoms with Crippen molar-refractivity contribution in [2.24, 2.45) is 0 Å². The van der Waals surface area contributed by atoms with E-state index in [2.05, 4.69) is 0 Å². The summed E-state index contributed by atoms with van der Waals surface area (Å²) in [6, 6.07) is 9.63. The summed E-state index contributed by atoms with van der Waals surface area (Å²) in [6.45, 7) is 2.20. The van der Waals surface area contributed by atoms with Gasteiger partial charge in [-0.3, -0.25) is 0 Å². The van der Waals surface area contributed by atoms with Crippen molar-refractivity contribution < 1.29 is 9.53 Å². The Hall–Kier alpha value is -1.51. The van der Waals surface area contributed by atoms with Crippen LogP contribution in [0.3, 0.4) is 0 Å². The molecule has 0 saturated carbocycles. The van der Waals surface area contributed by atoms with E-state index in [0.717, 1.165) is 5.56 Å². The Balaban J connectivity index is 0.00000169. The highest BCUT2D eigenvalue weighted by Crippen LogP contribution is 2.00. The van der Waals surface area contributed by atoms with E-state index in [-0.39, 0.29) is 14.4 Å². The molecule has 0 N–H and O–H groups in total. The Morgan fingerprint density at radius 2 is 2.00 bits per heavy atom. The molecule has 0 aliphatic rings. The summed E-state index contributed by atoms with van der Waals surface area (Å²) >= 11 is 0. The van der Waals surface area contributed by atoms with Gasteiger partial charge in [-0.2, -0.15) is 0 Å². The molecule has 0 aromatic heterocycles. The fourth-order valence-corrected chi connectivity index (χ4v) is 0.919. The van der Waals surface area contributed by atoms with Gasteiger partial charge in [0.1, 0.15) is 0 Å². The van der Waals surface area contributed by atoms with Crippen molar-refractivity contribution in [2.45, 2.75) is 6.92 Å². The average Bonchev–Trinajstić information content (AvgIpc) is 2.17. The number of benzene rings is 1. The van der Waals surface area contributed by atoms with Crippen molar-refractivity contribution in [2.75, 3.05) is 6.61 Å². The van der Waals surface area contributed by atoms with Crippen LogP contribution < -0.4 is 0 Å². The molecule has 0 saturated heterocycles. The van der Waals surface area contributed by atoms with E-state index >= 15 is 0 Å². The van der Waals surface area contributed by atoms with Gasteiger partial charge in [0.2, 0.25) is 0 Å². The second-order valence-electron chi connectivity index (χ2n) is 2.50. The molecule has 0 aliphatic heterocycles. The SMILES string of the molecule is B.CCOC(=O)C=Cc1ccccc1. The van der Waals surface area contributed by atoms with Crippen LogP contribution in [-0.2, 0) is 9.53 Å². The van der Waals surface area contributed by atoms with E-state index in [1.807, 2.05) is 30.3 Å². The first-order chi connectivity index (χ1) is 6.33. The average molecular weight is 190 g/mol. The number of hydrogen-bond acceptors (Lipinski definition) is 2. The molecule has 1 rings (SSSR count). The zero-order valence-corrected chi connectivity index (χ0v) is 7.57. The summed E-state index contributed by atoms with van der Waals surface area (Å²) in [5.41, 5.74) is 0.996. The van der Waals surface area contributed by atoms with Crippen molar-refractivity contribution >= 4 is 20.5 Å². The molecule has 3 heteroatoms. The molecular formula is C11H15BO2. The number of carbonyl (C=O) groups excluding carboxylic acids is 1. The van der Waals surface area contributed by atoms with E-state index < -0.39 is 0 Å². The van der Waals surface area contributed by atoms with E-state index in [4.69, 9.17) is 4.74 Å². The van der Waals surface area contributed by atoms with Gasteiger partial charge in [-0.15, -0.1) is 0 Å². The highest BCUT2D eigenvalue weighted by molar-refractivity contribution is 5.86. The van der Waals surface area contributed by atoms with Gasteiger partial charge in [0.05, 0.1) is 15.0 Å². The third-order valence-corrected chi connectivity index (χ3v) is 1.50. The molecule has 0 fully saturated rings. The number of hydrogen-bond donors (Lipinski definition) is 0. The summed E-state index contributed by atoms with van der Waals surface area (Å²) < 4.78 is 4.74. The number of ether oxygens (including phenoxy) is 1. The normalized spacial score (nSPS) is 9.50. The Kier molecular flexibility index (Phi) is 6.20. The molecule has 2 nitrogen and oxygen atoms in total. The zero-order valence-electron chi connectivity index (χ0n) is 7.57. The third-order valence-electron chi connectivity index (χ3n) is 1.50. The third kappa shape index (κ3) is 4.50. The number of rotatable bonds is 3. The maximum Gasteiger partial charge on any atom is 0.330 e. The Morgan fingerprint density at radius 1 is 1.36 bits per heavy atom. The summed E-state index contributed by atoms with van der Waals surface area (Å²) in [4.78, 5) is 10.9. The van der Waals surface area contributed by atoms with Crippen molar-refractivity contribution in [3.63, 3.8) is 0 Å². The van der Waals surface area contributed by atoms with Crippen LogP contribution in [0.25, 0.3) is 6.08 Å². The molecule has 74 valence electrons. The second kappa shape index (κ2) is 6.95. The minimum absolute atomic E-state index is 0. The molecule has 0 radical (unpaired) electrons. The van der Waals surface area contributed by atoms with Crippen LogP contribution in [0.15, 0.2) is 36.4 Å². The minimum Gasteiger partial charge on any atom is -0.463 e. The Bertz CT molecular complexity index is 293. The summed E-state index contributed by atoms with van der Waals surface area (Å²) in [5.74, 6) is -0.300. The van der Waals surface area contributed by atoms with Crippen molar-refractivity contribution in [1.82, 2.24) is 0 Å². The fourth-order valence-electron chi connectivity index (χ4n) is 0.919. The zero-order chi connectivity index (χ0) is 9.52. The molecule has 0 heterocycles. The van der Waals surface area contributed by atoms with E-state index in [1.54, 1.807) is 13.0 Å². The van der Waals surface area contributed by atoms with Gasteiger partial charge < -0.3 is 4.74 Å². The molecule has 0 aliphatic carbocycles. The van der Waals surface area contributed by atoms with Crippen LogP contribution in [-0.4, -0.2) is 21.0 Å². The van der Waals surface area contributed by atoms with Crippen LogP contribution >= 0.6 is 0 Å². The van der Waals surface area contributed by atoms with Gasteiger partial charge in [-0.1, -0.05) is 30.3 Å². The smallest absolute Gasteiger partial charge is 0.330 e. The monoisotopic (exact) mass is 190 g/mol. The predicted molar refractivity (Wildman–Crippen MR) is 62.0 cm³/mol. The maximum atomic E-state index is 10.9. The Labute approximate surface area is 86.2 Å². The van der Waals surface area contributed by atoms with Gasteiger partial charge >= 0.3 is 5.97 Å².